The molecule has 96 valence electrons. The second-order valence-electron chi connectivity index (χ2n) is 3.82. The van der Waals surface area contributed by atoms with Crippen molar-refractivity contribution in [2.24, 2.45) is 0 Å². The number of fused-ring (bicyclic) bond motifs is 1. The van der Waals surface area contributed by atoms with Crippen molar-refractivity contribution in [2.75, 3.05) is 13.7 Å². The third kappa shape index (κ3) is 1.88. The first kappa shape index (κ1) is 12.3. The van der Waals surface area contributed by atoms with Gasteiger partial charge in [-0.2, -0.15) is 0 Å². The first-order chi connectivity index (χ1) is 8.58. The Morgan fingerprint density at radius 2 is 2.39 bits per heavy atom. The fraction of sp³-hybridized carbons (Fsp3) is 0.364. The molecule has 2 rings (SSSR count). The van der Waals surface area contributed by atoms with E-state index in [1.54, 1.807) is 0 Å². The molecule has 0 fully saturated rings. The van der Waals surface area contributed by atoms with Crippen LogP contribution in [0.1, 0.15) is 15.9 Å². The van der Waals surface area contributed by atoms with E-state index in [0.29, 0.717) is 5.56 Å². The Kier molecular flexibility index (Phi) is 3.15. The van der Waals surface area contributed by atoms with Gasteiger partial charge in [0.2, 0.25) is 5.75 Å². The molecule has 0 aromatic heterocycles. The molecule has 1 N–H and O–H groups in total. The summed E-state index contributed by atoms with van der Waals surface area (Å²) in [6, 6.07) is 2.54. The fourth-order valence-corrected chi connectivity index (χ4v) is 1.93. The van der Waals surface area contributed by atoms with Crippen LogP contribution in [-0.2, 0) is 11.2 Å². The van der Waals surface area contributed by atoms with Crippen molar-refractivity contribution < 1.29 is 24.3 Å². The van der Waals surface area contributed by atoms with Crippen molar-refractivity contribution in [1.29, 1.82) is 0 Å². The van der Waals surface area contributed by atoms with Crippen LogP contribution in [0.25, 0.3) is 0 Å². The monoisotopic (exact) mass is 253 g/mol. The second-order valence-corrected chi connectivity index (χ2v) is 3.82. The van der Waals surface area contributed by atoms with Crippen LogP contribution >= 0.6 is 0 Å². The number of nitro groups is 1. The Morgan fingerprint density at radius 3 is 2.94 bits per heavy atom. The highest BCUT2D eigenvalue weighted by atomic mass is 16.6. The topological polar surface area (TPSA) is 98.9 Å². The van der Waals surface area contributed by atoms with Gasteiger partial charge < -0.3 is 14.6 Å². The van der Waals surface area contributed by atoms with Gasteiger partial charge in [0, 0.05) is 18.1 Å². The molecule has 0 amide bonds. The number of methoxy groups -OCH3 is 1. The summed E-state index contributed by atoms with van der Waals surface area (Å²) in [5.41, 5.74) is 0.428. The van der Waals surface area contributed by atoms with Crippen molar-refractivity contribution in [3.63, 3.8) is 0 Å². The van der Waals surface area contributed by atoms with E-state index in [1.807, 2.05) is 0 Å². The number of hydrogen-bond donors (Lipinski definition) is 1. The van der Waals surface area contributed by atoms with Crippen LogP contribution in [0.3, 0.4) is 0 Å². The molecule has 7 nitrogen and oxygen atoms in total. The molecular weight excluding hydrogens is 242 g/mol. The summed E-state index contributed by atoms with van der Waals surface area (Å²) < 4.78 is 9.89. The van der Waals surface area contributed by atoms with E-state index >= 15 is 0 Å². The maximum absolute atomic E-state index is 11.5. The Labute approximate surface area is 102 Å². The average molecular weight is 253 g/mol. The predicted molar refractivity (Wildman–Crippen MR) is 59.6 cm³/mol. The average Bonchev–Trinajstić information content (AvgIpc) is 2.80. The molecule has 1 aliphatic rings. The van der Waals surface area contributed by atoms with Gasteiger partial charge in [-0.3, -0.25) is 10.1 Å². The van der Waals surface area contributed by atoms with Gasteiger partial charge in [-0.25, -0.2) is 4.79 Å². The number of carbonyl (C=O) groups is 1. The van der Waals surface area contributed by atoms with Crippen LogP contribution < -0.4 is 4.74 Å². The zero-order chi connectivity index (χ0) is 13.3. The Morgan fingerprint density at radius 1 is 1.67 bits per heavy atom. The molecule has 0 spiro atoms. The lowest BCUT2D eigenvalue weighted by Gasteiger charge is -2.06. The van der Waals surface area contributed by atoms with Gasteiger partial charge >= 0.3 is 11.7 Å². The van der Waals surface area contributed by atoms with E-state index < -0.39 is 17.0 Å². The third-order valence-corrected chi connectivity index (χ3v) is 2.76. The minimum Gasteiger partial charge on any atom is -0.480 e. The molecule has 0 saturated heterocycles. The summed E-state index contributed by atoms with van der Waals surface area (Å²) in [6.45, 7) is -0.271. The predicted octanol–water partition coefficient (Wildman–Crippen LogP) is 0.677. The second kappa shape index (κ2) is 4.61. The maximum atomic E-state index is 11.5. The van der Waals surface area contributed by atoms with Gasteiger partial charge in [-0.15, -0.1) is 0 Å². The van der Waals surface area contributed by atoms with Gasteiger partial charge in [0.05, 0.1) is 24.2 Å². The molecule has 1 heterocycles. The molecule has 7 heteroatoms. The minimum atomic E-state index is -0.584. The SMILES string of the molecule is COC(=O)c1ccc([N+](=O)[O-])c2c1CC(CO)O2. The van der Waals surface area contributed by atoms with E-state index in [2.05, 4.69) is 4.74 Å². The maximum Gasteiger partial charge on any atom is 0.338 e. The highest BCUT2D eigenvalue weighted by molar-refractivity contribution is 5.93. The Hall–Kier alpha value is -2.15. The van der Waals surface area contributed by atoms with E-state index in [1.165, 1.54) is 19.2 Å². The molecule has 1 aromatic carbocycles. The molecule has 1 atom stereocenters. The van der Waals surface area contributed by atoms with Crippen LogP contribution in [0, 0.1) is 10.1 Å². The lowest BCUT2D eigenvalue weighted by atomic mass is 10.0. The normalized spacial score (nSPS) is 16.9. The van der Waals surface area contributed by atoms with Crippen LogP contribution in [0.4, 0.5) is 5.69 Å². The van der Waals surface area contributed by atoms with Crippen LogP contribution in [0.15, 0.2) is 12.1 Å². The van der Waals surface area contributed by atoms with Gasteiger partial charge in [-0.1, -0.05) is 0 Å². The number of aliphatic hydroxyl groups is 1. The van der Waals surface area contributed by atoms with Crippen LogP contribution in [-0.4, -0.2) is 35.8 Å². The summed E-state index contributed by atoms with van der Waals surface area (Å²) in [4.78, 5) is 21.8. The van der Waals surface area contributed by atoms with Crippen molar-refractivity contribution in [3.05, 3.63) is 33.4 Å². The molecule has 1 aromatic rings. The number of ether oxygens (including phenoxy) is 2. The lowest BCUT2D eigenvalue weighted by Crippen LogP contribution is -2.17. The molecule has 18 heavy (non-hydrogen) atoms. The van der Waals surface area contributed by atoms with Crippen molar-refractivity contribution in [2.45, 2.75) is 12.5 Å². The number of nitrogens with zero attached hydrogens (tertiary/aromatic N) is 1. The molecule has 1 unspecified atom stereocenters. The Bertz CT molecular complexity index is 513. The first-order valence-electron chi connectivity index (χ1n) is 5.24. The fourth-order valence-electron chi connectivity index (χ4n) is 1.93. The zero-order valence-electron chi connectivity index (χ0n) is 9.58. The van der Waals surface area contributed by atoms with Gasteiger partial charge in [-0.05, 0) is 6.07 Å². The van der Waals surface area contributed by atoms with Gasteiger partial charge in [0.25, 0.3) is 0 Å². The highest BCUT2D eigenvalue weighted by Gasteiger charge is 2.34. The summed E-state index contributed by atoms with van der Waals surface area (Å²) in [6.07, 6.45) is -0.317. The molecule has 0 aliphatic carbocycles. The number of carbonyl (C=O) groups excluding carboxylic acids is 1. The number of rotatable bonds is 3. The smallest absolute Gasteiger partial charge is 0.338 e. The number of aliphatic hydroxyl groups excluding tert-OH is 1. The van der Waals surface area contributed by atoms with Crippen molar-refractivity contribution in [3.8, 4) is 5.75 Å². The van der Waals surface area contributed by atoms with Crippen molar-refractivity contribution in [1.82, 2.24) is 0 Å². The van der Waals surface area contributed by atoms with Gasteiger partial charge in [0.1, 0.15) is 6.10 Å². The van der Waals surface area contributed by atoms with E-state index in [-0.39, 0.29) is 30.0 Å². The molecular formula is C11H11NO6. The largest absolute Gasteiger partial charge is 0.480 e. The summed E-state index contributed by atoms with van der Waals surface area (Å²) in [7, 11) is 1.23. The quantitative estimate of drug-likeness (QED) is 0.483. The summed E-state index contributed by atoms with van der Waals surface area (Å²) in [5.74, 6) is -0.537. The Balaban J connectivity index is 2.54. The minimum absolute atomic E-state index is 0.0435. The van der Waals surface area contributed by atoms with Gasteiger partial charge in [0.15, 0.2) is 0 Å². The molecule has 1 aliphatic heterocycles. The highest BCUT2D eigenvalue weighted by Crippen LogP contribution is 2.39. The number of nitro benzene ring substituents is 1. The molecule has 0 saturated carbocycles. The van der Waals surface area contributed by atoms with Crippen LogP contribution in [0.2, 0.25) is 0 Å². The molecule has 0 bridgehead atoms. The zero-order valence-corrected chi connectivity index (χ0v) is 9.58. The third-order valence-electron chi connectivity index (χ3n) is 2.76. The van der Waals surface area contributed by atoms with Crippen molar-refractivity contribution >= 4 is 11.7 Å². The number of benzene rings is 1. The van der Waals surface area contributed by atoms with E-state index in [0.717, 1.165) is 0 Å². The summed E-state index contributed by atoms with van der Waals surface area (Å²) >= 11 is 0. The number of esters is 1. The first-order valence-corrected chi connectivity index (χ1v) is 5.24. The van der Waals surface area contributed by atoms with Crippen LogP contribution in [0.5, 0.6) is 5.75 Å². The summed E-state index contributed by atoms with van der Waals surface area (Å²) in [5, 5.41) is 19.9. The molecule has 0 radical (unpaired) electrons. The lowest BCUT2D eigenvalue weighted by molar-refractivity contribution is -0.385. The van der Waals surface area contributed by atoms with E-state index in [4.69, 9.17) is 9.84 Å². The van der Waals surface area contributed by atoms with E-state index in [9.17, 15) is 14.9 Å². The standard InChI is InChI=1S/C11H11NO6/c1-17-11(14)7-2-3-9(12(15)16)10-8(7)4-6(5-13)18-10/h2-3,6,13H,4-5H2,1H3. The number of hydrogen-bond acceptors (Lipinski definition) is 6.